The third kappa shape index (κ3) is 1.83. The molecule has 0 aliphatic heterocycles. The van der Waals surface area contributed by atoms with Crippen molar-refractivity contribution < 1.29 is 0 Å². The van der Waals surface area contributed by atoms with Gasteiger partial charge in [-0.25, -0.2) is 0 Å². The van der Waals surface area contributed by atoms with Crippen LogP contribution in [0.1, 0.15) is 37.7 Å². The molecule has 0 nitrogen and oxygen atoms in total. The SMILES string of the molecule is Clc1ccc(-c2ccc(C34CC5CC(CC3C5)C4)cc2)cc1. The molecule has 2 atom stereocenters. The summed E-state index contributed by atoms with van der Waals surface area (Å²) in [5.74, 6) is 3.01. The van der Waals surface area contributed by atoms with Crippen LogP contribution in [0, 0.1) is 17.8 Å². The van der Waals surface area contributed by atoms with E-state index in [1.807, 2.05) is 12.1 Å². The molecule has 0 amide bonds. The van der Waals surface area contributed by atoms with Crippen molar-refractivity contribution in [3.63, 3.8) is 0 Å². The standard InChI is InChI=1S/C21H21Cl/c22-20-7-3-17(4-8-20)16-1-5-18(6-2-16)21-12-14-9-15(13-21)11-19(21)10-14/h1-8,14-15,19H,9-13H2. The van der Waals surface area contributed by atoms with E-state index < -0.39 is 0 Å². The summed E-state index contributed by atoms with van der Waals surface area (Å²) in [6, 6.07) is 17.6. The molecule has 2 aromatic rings. The van der Waals surface area contributed by atoms with Crippen LogP contribution in [0.3, 0.4) is 0 Å². The highest BCUT2D eigenvalue weighted by Crippen LogP contribution is 2.65. The molecule has 4 aliphatic carbocycles. The van der Waals surface area contributed by atoms with E-state index in [4.69, 9.17) is 11.6 Å². The van der Waals surface area contributed by atoms with Crippen LogP contribution in [0.4, 0.5) is 0 Å². The van der Waals surface area contributed by atoms with Crippen molar-refractivity contribution >= 4 is 11.6 Å². The smallest absolute Gasteiger partial charge is 0.0406 e. The topological polar surface area (TPSA) is 0 Å². The Morgan fingerprint density at radius 1 is 0.727 bits per heavy atom. The number of benzene rings is 2. The minimum Gasteiger partial charge on any atom is -0.0843 e. The summed E-state index contributed by atoms with van der Waals surface area (Å²) >= 11 is 5.99. The van der Waals surface area contributed by atoms with Gasteiger partial charge in [-0.1, -0.05) is 48.0 Å². The van der Waals surface area contributed by atoms with E-state index in [-0.39, 0.29) is 0 Å². The Kier molecular flexibility index (Phi) is 2.77. The Balaban J connectivity index is 1.49. The number of halogens is 1. The molecule has 0 aromatic heterocycles. The first kappa shape index (κ1) is 13.2. The van der Waals surface area contributed by atoms with Crippen LogP contribution < -0.4 is 0 Å². The lowest BCUT2D eigenvalue weighted by atomic mass is 9.71. The predicted octanol–water partition coefficient (Wildman–Crippen LogP) is 6.08. The van der Waals surface area contributed by atoms with Crippen LogP contribution in [0.2, 0.25) is 5.02 Å². The van der Waals surface area contributed by atoms with Gasteiger partial charge in [0.1, 0.15) is 0 Å². The van der Waals surface area contributed by atoms with E-state index in [1.54, 1.807) is 5.56 Å². The zero-order valence-electron chi connectivity index (χ0n) is 12.8. The lowest BCUT2D eigenvalue weighted by molar-refractivity contribution is 0.266. The van der Waals surface area contributed by atoms with Gasteiger partial charge in [0, 0.05) is 5.02 Å². The van der Waals surface area contributed by atoms with E-state index in [0.717, 1.165) is 22.8 Å². The summed E-state index contributed by atoms with van der Waals surface area (Å²) < 4.78 is 0. The van der Waals surface area contributed by atoms with Gasteiger partial charge in [-0.15, -0.1) is 0 Å². The van der Waals surface area contributed by atoms with Crippen molar-refractivity contribution in [2.24, 2.45) is 17.8 Å². The highest BCUT2D eigenvalue weighted by atomic mass is 35.5. The zero-order valence-corrected chi connectivity index (χ0v) is 13.5. The fourth-order valence-electron chi connectivity index (χ4n) is 5.90. The van der Waals surface area contributed by atoms with Gasteiger partial charge in [0.05, 0.1) is 0 Å². The molecule has 2 unspecified atom stereocenters. The Morgan fingerprint density at radius 3 is 1.86 bits per heavy atom. The van der Waals surface area contributed by atoms with Gasteiger partial charge in [-0.3, -0.25) is 0 Å². The molecule has 4 fully saturated rings. The molecule has 4 saturated carbocycles. The highest BCUT2D eigenvalue weighted by molar-refractivity contribution is 6.30. The van der Waals surface area contributed by atoms with Crippen molar-refractivity contribution in [1.82, 2.24) is 0 Å². The molecule has 1 heteroatoms. The van der Waals surface area contributed by atoms with Crippen LogP contribution in [0.25, 0.3) is 11.1 Å². The summed E-state index contributed by atoms with van der Waals surface area (Å²) in [6.07, 6.45) is 7.41. The third-order valence-corrected chi connectivity index (χ3v) is 6.88. The van der Waals surface area contributed by atoms with Gasteiger partial charge in [0.2, 0.25) is 0 Å². The molecular weight excluding hydrogens is 288 g/mol. The Labute approximate surface area is 137 Å². The molecule has 112 valence electrons. The minimum absolute atomic E-state index is 0.534. The van der Waals surface area contributed by atoms with Crippen molar-refractivity contribution in [1.29, 1.82) is 0 Å². The van der Waals surface area contributed by atoms with Gasteiger partial charge in [-0.05, 0) is 84.1 Å². The Morgan fingerprint density at radius 2 is 1.27 bits per heavy atom. The van der Waals surface area contributed by atoms with Crippen molar-refractivity contribution in [2.45, 2.75) is 37.5 Å². The average molecular weight is 309 g/mol. The molecule has 22 heavy (non-hydrogen) atoms. The van der Waals surface area contributed by atoms with Gasteiger partial charge in [0.15, 0.2) is 0 Å². The Hall–Kier alpha value is -1.27. The van der Waals surface area contributed by atoms with E-state index in [0.29, 0.717) is 5.41 Å². The molecule has 0 heterocycles. The first-order valence-electron chi connectivity index (χ1n) is 8.59. The quantitative estimate of drug-likeness (QED) is 0.630. The summed E-state index contributed by atoms with van der Waals surface area (Å²) in [7, 11) is 0. The highest BCUT2D eigenvalue weighted by Gasteiger charge is 2.58. The summed E-state index contributed by atoms with van der Waals surface area (Å²) in [5, 5.41) is 0.804. The first-order chi connectivity index (χ1) is 10.7. The van der Waals surface area contributed by atoms with E-state index in [9.17, 15) is 0 Å². The molecule has 0 radical (unpaired) electrons. The molecular formula is C21H21Cl. The fraction of sp³-hybridized carbons (Fsp3) is 0.429. The molecule has 2 aromatic carbocycles. The lowest BCUT2D eigenvalue weighted by Crippen LogP contribution is -2.27. The third-order valence-electron chi connectivity index (χ3n) is 6.63. The molecule has 6 rings (SSSR count). The van der Waals surface area contributed by atoms with Gasteiger partial charge in [0.25, 0.3) is 0 Å². The average Bonchev–Trinajstić information content (AvgIpc) is 2.94. The maximum absolute atomic E-state index is 5.99. The van der Waals surface area contributed by atoms with Crippen LogP contribution in [0.15, 0.2) is 48.5 Å². The number of hydrogen-bond donors (Lipinski definition) is 0. The van der Waals surface area contributed by atoms with Gasteiger partial charge in [-0.2, -0.15) is 0 Å². The first-order valence-corrected chi connectivity index (χ1v) is 8.97. The van der Waals surface area contributed by atoms with E-state index >= 15 is 0 Å². The second-order valence-electron chi connectivity index (χ2n) is 7.78. The van der Waals surface area contributed by atoms with Gasteiger partial charge < -0.3 is 0 Å². The number of rotatable bonds is 2. The minimum atomic E-state index is 0.534. The van der Waals surface area contributed by atoms with Crippen molar-refractivity contribution in [3.8, 4) is 11.1 Å². The van der Waals surface area contributed by atoms with Crippen LogP contribution >= 0.6 is 11.6 Å². The molecule has 0 N–H and O–H groups in total. The Bertz CT molecular complexity index is 684. The zero-order chi connectivity index (χ0) is 14.7. The fourth-order valence-corrected chi connectivity index (χ4v) is 6.03. The lowest BCUT2D eigenvalue weighted by Gasteiger charge is -2.33. The molecule has 0 spiro atoms. The second kappa shape index (κ2) is 4.61. The molecule has 0 saturated heterocycles. The van der Waals surface area contributed by atoms with Crippen LogP contribution in [0.5, 0.6) is 0 Å². The van der Waals surface area contributed by atoms with Crippen molar-refractivity contribution in [3.05, 3.63) is 59.1 Å². The maximum Gasteiger partial charge on any atom is 0.0406 e. The summed E-state index contributed by atoms with van der Waals surface area (Å²) in [6.45, 7) is 0. The van der Waals surface area contributed by atoms with Crippen LogP contribution in [-0.2, 0) is 5.41 Å². The number of hydrogen-bond acceptors (Lipinski definition) is 0. The van der Waals surface area contributed by atoms with E-state index in [1.165, 1.54) is 43.2 Å². The van der Waals surface area contributed by atoms with E-state index in [2.05, 4.69) is 36.4 Å². The predicted molar refractivity (Wildman–Crippen MR) is 92.1 cm³/mol. The normalized spacial score (nSPS) is 35.2. The largest absolute Gasteiger partial charge is 0.0843 e. The molecule has 4 aliphatic rings. The summed E-state index contributed by atoms with van der Waals surface area (Å²) in [4.78, 5) is 0. The maximum atomic E-state index is 5.99. The van der Waals surface area contributed by atoms with Gasteiger partial charge >= 0.3 is 0 Å². The monoisotopic (exact) mass is 308 g/mol. The summed E-state index contributed by atoms with van der Waals surface area (Å²) in [5.41, 5.74) is 4.70. The van der Waals surface area contributed by atoms with Crippen molar-refractivity contribution in [2.75, 3.05) is 0 Å². The second-order valence-corrected chi connectivity index (χ2v) is 8.22. The molecule has 4 bridgehead atoms. The van der Waals surface area contributed by atoms with Crippen LogP contribution in [-0.4, -0.2) is 0 Å².